The minimum atomic E-state index is 0.328. The minimum Gasteiger partial charge on any atom is -0.377 e. The molecule has 1 aliphatic rings. The number of aromatic nitrogens is 1. The van der Waals surface area contributed by atoms with Crippen LogP contribution in [0, 0.1) is 6.92 Å². The quantitative estimate of drug-likeness (QED) is 0.805. The van der Waals surface area contributed by atoms with Gasteiger partial charge in [-0.15, -0.1) is 0 Å². The van der Waals surface area contributed by atoms with Gasteiger partial charge in [0, 0.05) is 5.02 Å². The van der Waals surface area contributed by atoms with Gasteiger partial charge in [0.2, 0.25) is 0 Å². The average molecular weight is 293 g/mol. The Labute approximate surface area is 122 Å². The maximum Gasteiger partial charge on any atom is 0.129 e. The number of anilines is 1. The molecule has 0 saturated carbocycles. The Kier molecular flexibility index (Phi) is 3.38. The fourth-order valence-electron chi connectivity index (χ4n) is 2.61. The van der Waals surface area contributed by atoms with E-state index >= 15 is 0 Å². The highest BCUT2D eigenvalue weighted by molar-refractivity contribution is 6.30. The summed E-state index contributed by atoms with van der Waals surface area (Å²) in [7, 11) is 0. The van der Waals surface area contributed by atoms with E-state index in [1.165, 1.54) is 11.1 Å². The van der Waals surface area contributed by atoms with E-state index in [1.54, 1.807) is 0 Å². The summed E-state index contributed by atoms with van der Waals surface area (Å²) in [6, 6.07) is 10.3. The number of nitrogens with one attached hydrogen (secondary N) is 1. The fourth-order valence-corrected chi connectivity index (χ4v) is 2.99. The largest absolute Gasteiger partial charge is 0.377 e. The molecule has 0 bridgehead atoms. The van der Waals surface area contributed by atoms with E-state index in [-0.39, 0.29) is 0 Å². The van der Waals surface area contributed by atoms with E-state index in [4.69, 9.17) is 23.2 Å². The number of nitrogens with zero attached hydrogens (tertiary/aromatic N) is 1. The first-order chi connectivity index (χ1) is 9.13. The summed E-state index contributed by atoms with van der Waals surface area (Å²) in [6.45, 7) is 1.96. The summed E-state index contributed by atoms with van der Waals surface area (Å²) in [4.78, 5) is 4.27. The third kappa shape index (κ3) is 2.56. The van der Waals surface area contributed by atoms with Crippen LogP contribution in [0.2, 0.25) is 10.2 Å². The van der Waals surface area contributed by atoms with Gasteiger partial charge in [0.25, 0.3) is 0 Å². The Morgan fingerprint density at radius 1 is 1.21 bits per heavy atom. The smallest absolute Gasteiger partial charge is 0.129 e. The minimum absolute atomic E-state index is 0.328. The first-order valence-electron chi connectivity index (χ1n) is 6.31. The molecule has 0 aliphatic heterocycles. The summed E-state index contributed by atoms with van der Waals surface area (Å²) in [6.07, 6.45) is 2.14. The molecule has 98 valence electrons. The predicted octanol–water partition coefficient (Wildman–Crippen LogP) is 4.80. The van der Waals surface area contributed by atoms with Gasteiger partial charge in [-0.3, -0.25) is 0 Å². The molecule has 1 atom stereocenters. The lowest BCUT2D eigenvalue weighted by atomic mass is 10.1. The number of pyridine rings is 1. The van der Waals surface area contributed by atoms with Crippen molar-refractivity contribution in [2.45, 2.75) is 25.8 Å². The van der Waals surface area contributed by atoms with Crippen LogP contribution in [0.15, 0.2) is 30.3 Å². The van der Waals surface area contributed by atoms with Crippen LogP contribution in [-0.2, 0) is 6.42 Å². The lowest BCUT2D eigenvalue weighted by Crippen LogP contribution is -2.08. The maximum absolute atomic E-state index is 6.03. The summed E-state index contributed by atoms with van der Waals surface area (Å²) >= 11 is 11.9. The van der Waals surface area contributed by atoms with Crippen molar-refractivity contribution in [3.05, 3.63) is 57.3 Å². The van der Waals surface area contributed by atoms with Crippen LogP contribution in [0.3, 0.4) is 0 Å². The van der Waals surface area contributed by atoms with Gasteiger partial charge in [-0.25, -0.2) is 4.98 Å². The first-order valence-corrected chi connectivity index (χ1v) is 7.07. The molecule has 0 radical (unpaired) electrons. The molecule has 2 nitrogen and oxygen atoms in total. The molecular weight excluding hydrogens is 279 g/mol. The van der Waals surface area contributed by atoms with Crippen LogP contribution in [0.1, 0.15) is 29.3 Å². The number of hydrogen-bond donors (Lipinski definition) is 1. The van der Waals surface area contributed by atoms with Crippen LogP contribution < -0.4 is 5.32 Å². The highest BCUT2D eigenvalue weighted by Crippen LogP contribution is 2.35. The Morgan fingerprint density at radius 3 is 2.84 bits per heavy atom. The van der Waals surface area contributed by atoms with Crippen LogP contribution in [0.5, 0.6) is 0 Å². The molecule has 1 aromatic heterocycles. The third-order valence-corrected chi connectivity index (χ3v) is 4.01. The normalized spacial score (nSPS) is 17.3. The standard InChI is InChI=1S/C15H14Cl2N2/c1-9-13(6-7-15(17)18-9)19-14-5-2-10-8-11(16)3-4-12(10)14/h3-4,6-8,14,19H,2,5H2,1H3. The molecule has 0 saturated heterocycles. The molecule has 0 amide bonds. The fraction of sp³-hybridized carbons (Fsp3) is 0.267. The van der Waals surface area contributed by atoms with Crippen molar-refractivity contribution in [1.82, 2.24) is 4.98 Å². The summed E-state index contributed by atoms with van der Waals surface area (Å²) in [5, 5.41) is 4.89. The van der Waals surface area contributed by atoms with Crippen LogP contribution >= 0.6 is 23.2 Å². The Bertz CT molecular complexity index is 626. The van der Waals surface area contributed by atoms with Crippen molar-refractivity contribution in [3.63, 3.8) is 0 Å². The van der Waals surface area contributed by atoms with Crippen LogP contribution in [0.4, 0.5) is 5.69 Å². The monoisotopic (exact) mass is 292 g/mol. The van der Waals surface area contributed by atoms with Crippen LogP contribution in [0.25, 0.3) is 0 Å². The van der Waals surface area contributed by atoms with Gasteiger partial charge in [-0.2, -0.15) is 0 Å². The number of benzene rings is 1. The molecule has 1 unspecified atom stereocenters. The van der Waals surface area contributed by atoms with Crippen molar-refractivity contribution in [3.8, 4) is 0 Å². The van der Waals surface area contributed by atoms with Crippen molar-refractivity contribution >= 4 is 28.9 Å². The zero-order chi connectivity index (χ0) is 13.4. The van der Waals surface area contributed by atoms with Crippen molar-refractivity contribution in [2.24, 2.45) is 0 Å². The Hall–Kier alpha value is -1.25. The maximum atomic E-state index is 6.03. The summed E-state index contributed by atoms with van der Waals surface area (Å²) in [5.41, 5.74) is 4.63. The first kappa shape index (κ1) is 12.8. The molecule has 1 aliphatic carbocycles. The van der Waals surface area contributed by atoms with E-state index in [2.05, 4.69) is 22.4 Å². The second kappa shape index (κ2) is 5.03. The molecule has 0 fully saturated rings. The zero-order valence-corrected chi connectivity index (χ0v) is 12.1. The van der Waals surface area contributed by atoms with E-state index in [0.29, 0.717) is 11.2 Å². The molecule has 1 aromatic carbocycles. The van der Waals surface area contributed by atoms with E-state index in [1.807, 2.05) is 25.1 Å². The number of fused-ring (bicyclic) bond motifs is 1. The van der Waals surface area contributed by atoms with Gasteiger partial charge in [0.1, 0.15) is 5.15 Å². The summed E-state index contributed by atoms with van der Waals surface area (Å²) in [5.74, 6) is 0. The van der Waals surface area contributed by atoms with Crippen molar-refractivity contribution in [2.75, 3.05) is 5.32 Å². The molecule has 1 heterocycles. The van der Waals surface area contributed by atoms with Gasteiger partial charge < -0.3 is 5.32 Å². The van der Waals surface area contributed by atoms with Crippen LogP contribution in [-0.4, -0.2) is 4.98 Å². The second-order valence-electron chi connectivity index (χ2n) is 4.85. The lowest BCUT2D eigenvalue weighted by Gasteiger charge is -2.17. The Morgan fingerprint density at radius 2 is 2.05 bits per heavy atom. The molecule has 3 rings (SSSR count). The molecule has 2 aromatic rings. The molecular formula is C15H14Cl2N2. The van der Waals surface area contributed by atoms with Crippen molar-refractivity contribution in [1.29, 1.82) is 0 Å². The van der Waals surface area contributed by atoms with E-state index < -0.39 is 0 Å². The average Bonchev–Trinajstić information content (AvgIpc) is 2.75. The third-order valence-electron chi connectivity index (χ3n) is 3.56. The number of hydrogen-bond acceptors (Lipinski definition) is 2. The zero-order valence-electron chi connectivity index (χ0n) is 10.6. The highest BCUT2D eigenvalue weighted by atomic mass is 35.5. The molecule has 1 N–H and O–H groups in total. The van der Waals surface area contributed by atoms with Gasteiger partial charge in [-0.05, 0) is 55.2 Å². The van der Waals surface area contributed by atoms with E-state index in [9.17, 15) is 0 Å². The SMILES string of the molecule is Cc1nc(Cl)ccc1NC1CCc2cc(Cl)ccc21. The van der Waals surface area contributed by atoms with Gasteiger partial charge in [0.05, 0.1) is 17.4 Å². The predicted molar refractivity (Wildman–Crippen MR) is 80.1 cm³/mol. The molecule has 19 heavy (non-hydrogen) atoms. The Balaban J connectivity index is 1.86. The van der Waals surface area contributed by atoms with E-state index in [0.717, 1.165) is 29.2 Å². The van der Waals surface area contributed by atoms with Gasteiger partial charge in [-0.1, -0.05) is 29.3 Å². The number of aryl methyl sites for hydroxylation is 2. The van der Waals surface area contributed by atoms with Crippen molar-refractivity contribution < 1.29 is 0 Å². The van der Waals surface area contributed by atoms with Gasteiger partial charge >= 0.3 is 0 Å². The number of halogens is 2. The topological polar surface area (TPSA) is 24.9 Å². The molecule has 0 spiro atoms. The lowest BCUT2D eigenvalue weighted by molar-refractivity contribution is 0.760. The second-order valence-corrected chi connectivity index (χ2v) is 5.67. The van der Waals surface area contributed by atoms with Gasteiger partial charge in [0.15, 0.2) is 0 Å². The highest BCUT2D eigenvalue weighted by Gasteiger charge is 2.22. The molecule has 4 heteroatoms. The summed E-state index contributed by atoms with van der Waals surface area (Å²) < 4.78 is 0. The number of rotatable bonds is 2.